The Morgan fingerprint density at radius 3 is 2.60 bits per heavy atom. The van der Waals surface area contributed by atoms with Gasteiger partial charge in [0.25, 0.3) is 5.91 Å². The number of amides is 1. The second-order valence-electron chi connectivity index (χ2n) is 6.62. The predicted octanol–water partition coefficient (Wildman–Crippen LogP) is 1.83. The van der Waals surface area contributed by atoms with Crippen LogP contribution in [-0.4, -0.2) is 44.4 Å². The highest BCUT2D eigenvalue weighted by molar-refractivity contribution is 5.92. The molecule has 20 heavy (non-hydrogen) atoms. The van der Waals surface area contributed by atoms with Crippen molar-refractivity contribution >= 4 is 5.91 Å². The summed E-state index contributed by atoms with van der Waals surface area (Å²) in [6, 6.07) is 1.84. The fourth-order valence-electron chi connectivity index (χ4n) is 2.69. The van der Waals surface area contributed by atoms with Crippen LogP contribution in [0.15, 0.2) is 6.07 Å². The molecule has 1 aromatic rings. The average molecular weight is 279 g/mol. The Bertz CT molecular complexity index is 517. The monoisotopic (exact) mass is 279 g/mol. The maximum Gasteiger partial charge on any atom is 0.274 e. The van der Waals surface area contributed by atoms with Gasteiger partial charge < -0.3 is 10.0 Å². The molecule has 0 saturated carbocycles. The highest BCUT2D eigenvalue weighted by atomic mass is 16.3. The number of aryl methyl sites for hydroxylation is 2. The Hall–Kier alpha value is -1.36. The van der Waals surface area contributed by atoms with Crippen molar-refractivity contribution in [2.24, 2.45) is 5.41 Å². The number of rotatable bonds is 2. The van der Waals surface area contributed by atoms with Gasteiger partial charge in [-0.1, -0.05) is 13.8 Å². The van der Waals surface area contributed by atoms with E-state index in [2.05, 4.69) is 5.10 Å². The summed E-state index contributed by atoms with van der Waals surface area (Å²) in [6.45, 7) is 11.7. The molecule has 1 amide bonds. The van der Waals surface area contributed by atoms with Crippen molar-refractivity contribution in [3.8, 4) is 0 Å². The van der Waals surface area contributed by atoms with E-state index in [0.29, 0.717) is 25.2 Å². The fraction of sp³-hybridized carbons (Fsp3) is 0.733. The molecule has 1 atom stereocenters. The fourth-order valence-corrected chi connectivity index (χ4v) is 2.69. The molecular formula is C15H25N3O2. The quantitative estimate of drug-likeness (QED) is 0.898. The van der Waals surface area contributed by atoms with Gasteiger partial charge in [-0.15, -0.1) is 0 Å². The van der Waals surface area contributed by atoms with E-state index in [0.717, 1.165) is 12.2 Å². The lowest BCUT2D eigenvalue weighted by Crippen LogP contribution is -2.57. The van der Waals surface area contributed by atoms with Crippen LogP contribution in [-0.2, 0) is 6.54 Å². The van der Waals surface area contributed by atoms with Crippen molar-refractivity contribution in [1.29, 1.82) is 0 Å². The largest absolute Gasteiger partial charge is 0.389 e. The number of nitrogens with zero attached hydrogens (tertiary/aromatic N) is 3. The van der Waals surface area contributed by atoms with Gasteiger partial charge in [0.15, 0.2) is 5.69 Å². The molecule has 1 fully saturated rings. The summed E-state index contributed by atoms with van der Waals surface area (Å²) >= 11 is 0. The molecule has 2 heterocycles. The average Bonchev–Trinajstić information content (AvgIpc) is 2.73. The number of hydrogen-bond acceptors (Lipinski definition) is 3. The normalized spacial score (nSPS) is 25.8. The molecular weight excluding hydrogens is 254 g/mol. The Kier molecular flexibility index (Phi) is 3.67. The molecule has 1 N–H and O–H groups in total. The lowest BCUT2D eigenvalue weighted by atomic mass is 9.71. The van der Waals surface area contributed by atoms with Gasteiger partial charge in [0.05, 0.1) is 5.60 Å². The van der Waals surface area contributed by atoms with Crippen LogP contribution in [0.5, 0.6) is 0 Å². The Labute approximate surface area is 120 Å². The molecule has 1 aliphatic heterocycles. The highest BCUT2D eigenvalue weighted by Gasteiger charge is 2.45. The smallest absolute Gasteiger partial charge is 0.274 e. The van der Waals surface area contributed by atoms with Crippen LogP contribution >= 0.6 is 0 Å². The van der Waals surface area contributed by atoms with Gasteiger partial charge in [-0.2, -0.15) is 5.10 Å². The molecule has 2 rings (SSSR count). The van der Waals surface area contributed by atoms with Gasteiger partial charge in [-0.25, -0.2) is 0 Å². The maximum absolute atomic E-state index is 12.5. The molecule has 1 aromatic heterocycles. The Morgan fingerprint density at radius 1 is 1.45 bits per heavy atom. The van der Waals surface area contributed by atoms with Crippen LogP contribution in [0, 0.1) is 12.3 Å². The SMILES string of the molecule is CCn1nc(C(=O)N2CC[C@@](C)(O)C(C)(C)C2)cc1C. The Morgan fingerprint density at radius 2 is 2.10 bits per heavy atom. The van der Waals surface area contributed by atoms with Crippen LogP contribution in [0.1, 0.15) is 50.3 Å². The van der Waals surface area contributed by atoms with Gasteiger partial charge in [0.1, 0.15) is 0 Å². The minimum Gasteiger partial charge on any atom is -0.389 e. The molecule has 5 heteroatoms. The summed E-state index contributed by atoms with van der Waals surface area (Å²) < 4.78 is 1.83. The first kappa shape index (κ1) is 15.0. The van der Waals surface area contributed by atoms with Gasteiger partial charge in [0.2, 0.25) is 0 Å². The second-order valence-corrected chi connectivity index (χ2v) is 6.62. The van der Waals surface area contributed by atoms with E-state index in [-0.39, 0.29) is 11.3 Å². The number of piperidine rings is 1. The molecule has 0 radical (unpaired) electrons. The zero-order chi connectivity index (χ0) is 15.1. The predicted molar refractivity (Wildman–Crippen MR) is 77.6 cm³/mol. The van der Waals surface area contributed by atoms with E-state index < -0.39 is 5.60 Å². The molecule has 112 valence electrons. The molecule has 0 aliphatic carbocycles. The highest BCUT2D eigenvalue weighted by Crippen LogP contribution is 2.38. The van der Waals surface area contributed by atoms with Gasteiger partial charge in [-0.05, 0) is 33.3 Å². The minimum atomic E-state index is -0.734. The van der Waals surface area contributed by atoms with Crippen molar-refractivity contribution in [3.05, 3.63) is 17.5 Å². The topological polar surface area (TPSA) is 58.4 Å². The first-order valence-electron chi connectivity index (χ1n) is 7.24. The third-order valence-corrected chi connectivity index (χ3v) is 4.70. The molecule has 0 bridgehead atoms. The number of aromatic nitrogens is 2. The summed E-state index contributed by atoms with van der Waals surface area (Å²) in [5.41, 5.74) is 0.451. The van der Waals surface area contributed by atoms with Crippen LogP contribution in [0.4, 0.5) is 0 Å². The number of hydrogen-bond donors (Lipinski definition) is 1. The first-order valence-corrected chi connectivity index (χ1v) is 7.24. The molecule has 0 aromatic carbocycles. The number of carbonyl (C=O) groups excluding carboxylic acids is 1. The standard InChI is InChI=1S/C15H25N3O2/c1-6-18-11(2)9-12(16-18)13(19)17-8-7-15(5,20)14(3,4)10-17/h9,20H,6-8,10H2,1-5H3/t15-/m1/s1. The molecule has 0 unspecified atom stereocenters. The van der Waals surface area contributed by atoms with Crippen LogP contribution in [0.2, 0.25) is 0 Å². The van der Waals surface area contributed by atoms with Gasteiger partial charge in [-0.3, -0.25) is 9.48 Å². The van der Waals surface area contributed by atoms with E-state index in [4.69, 9.17) is 0 Å². The van der Waals surface area contributed by atoms with Crippen LogP contribution in [0.25, 0.3) is 0 Å². The summed E-state index contributed by atoms with van der Waals surface area (Å²) in [5, 5.41) is 14.8. The third-order valence-electron chi connectivity index (χ3n) is 4.70. The van der Waals surface area contributed by atoms with Gasteiger partial charge >= 0.3 is 0 Å². The maximum atomic E-state index is 12.5. The van der Waals surface area contributed by atoms with E-state index in [1.165, 1.54) is 0 Å². The van der Waals surface area contributed by atoms with Crippen molar-refractivity contribution in [1.82, 2.24) is 14.7 Å². The summed E-state index contributed by atoms with van der Waals surface area (Å²) in [4.78, 5) is 14.4. The van der Waals surface area contributed by atoms with E-state index >= 15 is 0 Å². The van der Waals surface area contributed by atoms with Crippen molar-refractivity contribution in [2.45, 2.75) is 53.2 Å². The van der Waals surface area contributed by atoms with Crippen molar-refractivity contribution in [3.63, 3.8) is 0 Å². The Balaban J connectivity index is 2.18. The minimum absolute atomic E-state index is 0.0381. The molecule has 5 nitrogen and oxygen atoms in total. The van der Waals surface area contributed by atoms with E-state index in [1.807, 2.05) is 45.4 Å². The molecule has 1 aliphatic rings. The van der Waals surface area contributed by atoms with Crippen molar-refractivity contribution < 1.29 is 9.90 Å². The van der Waals surface area contributed by atoms with Gasteiger partial charge in [0, 0.05) is 30.7 Å². The first-order chi connectivity index (χ1) is 9.18. The van der Waals surface area contributed by atoms with E-state index in [9.17, 15) is 9.90 Å². The molecule has 1 saturated heterocycles. The lowest BCUT2D eigenvalue weighted by molar-refractivity contribution is -0.0971. The van der Waals surface area contributed by atoms with Crippen molar-refractivity contribution in [2.75, 3.05) is 13.1 Å². The summed E-state index contributed by atoms with van der Waals surface area (Å²) in [5.74, 6) is -0.0381. The van der Waals surface area contributed by atoms with E-state index in [1.54, 1.807) is 4.90 Å². The number of likely N-dealkylation sites (tertiary alicyclic amines) is 1. The summed E-state index contributed by atoms with van der Waals surface area (Å²) in [6.07, 6.45) is 0.596. The third kappa shape index (κ3) is 2.46. The summed E-state index contributed by atoms with van der Waals surface area (Å²) in [7, 11) is 0. The zero-order valence-corrected chi connectivity index (χ0v) is 13.1. The number of carbonyl (C=O) groups is 1. The van der Waals surface area contributed by atoms with Crippen LogP contribution < -0.4 is 0 Å². The zero-order valence-electron chi connectivity index (χ0n) is 13.1. The molecule has 0 spiro atoms. The lowest BCUT2D eigenvalue weighted by Gasteiger charge is -2.48. The second kappa shape index (κ2) is 4.88. The van der Waals surface area contributed by atoms with Crippen LogP contribution in [0.3, 0.4) is 0 Å². The number of aliphatic hydroxyl groups is 1.